The number of fused-ring (bicyclic) bond motifs is 1. The third kappa shape index (κ3) is 6.92. The first-order valence-corrected chi connectivity index (χ1v) is 10.4. The number of hydrogen-bond donors (Lipinski definition) is 2. The molecule has 6 nitrogen and oxygen atoms in total. The SMILES string of the molecule is CCNC(=NCC(=O)N1CCc2ccccc2C1)NCCN1CCCCC1.I. The number of aliphatic imine (C=N–C) groups is 1. The molecule has 0 atom stereocenters. The Bertz CT molecular complexity index is 645. The van der Waals surface area contributed by atoms with E-state index in [1.165, 1.54) is 43.5 Å². The number of amides is 1. The molecule has 2 N–H and O–H groups in total. The number of piperidine rings is 1. The lowest BCUT2D eigenvalue weighted by atomic mass is 10.00. The summed E-state index contributed by atoms with van der Waals surface area (Å²) in [5.41, 5.74) is 2.62. The van der Waals surface area contributed by atoms with Crippen molar-refractivity contribution < 1.29 is 4.79 Å². The molecule has 1 amide bonds. The summed E-state index contributed by atoms with van der Waals surface area (Å²) in [6.07, 6.45) is 4.90. The zero-order valence-electron chi connectivity index (χ0n) is 17.0. The number of nitrogens with one attached hydrogen (secondary N) is 2. The predicted octanol–water partition coefficient (Wildman–Crippen LogP) is 2.23. The maximum atomic E-state index is 12.6. The number of nitrogens with zero attached hydrogens (tertiary/aromatic N) is 3. The predicted molar refractivity (Wildman–Crippen MR) is 125 cm³/mol. The van der Waals surface area contributed by atoms with Crippen molar-refractivity contribution >= 4 is 35.8 Å². The number of likely N-dealkylation sites (tertiary alicyclic amines) is 1. The Morgan fingerprint density at radius 2 is 1.82 bits per heavy atom. The monoisotopic (exact) mass is 499 g/mol. The first-order valence-electron chi connectivity index (χ1n) is 10.4. The summed E-state index contributed by atoms with van der Waals surface area (Å²) in [6.45, 7) is 8.80. The summed E-state index contributed by atoms with van der Waals surface area (Å²) in [7, 11) is 0. The minimum atomic E-state index is 0. The van der Waals surface area contributed by atoms with E-state index in [0.717, 1.165) is 38.6 Å². The normalized spacial score (nSPS) is 17.5. The van der Waals surface area contributed by atoms with Crippen LogP contribution in [-0.4, -0.2) is 67.5 Å². The van der Waals surface area contributed by atoms with Gasteiger partial charge in [-0.05, 0) is 50.4 Å². The standard InChI is InChI=1S/C21H33N5O.HI/c1-2-22-21(23-11-15-25-12-6-3-7-13-25)24-16-20(27)26-14-10-18-8-4-5-9-19(18)17-26;/h4-5,8-9H,2-3,6-7,10-17H2,1H3,(H2,22,23,24);1H. The van der Waals surface area contributed by atoms with Crippen LogP contribution < -0.4 is 10.6 Å². The van der Waals surface area contributed by atoms with E-state index in [-0.39, 0.29) is 36.4 Å². The van der Waals surface area contributed by atoms with Crippen molar-refractivity contribution in [2.24, 2.45) is 4.99 Å². The largest absolute Gasteiger partial charge is 0.357 e. The van der Waals surface area contributed by atoms with Crippen LogP contribution in [-0.2, 0) is 17.8 Å². The minimum absolute atomic E-state index is 0. The molecular weight excluding hydrogens is 465 g/mol. The Morgan fingerprint density at radius 3 is 2.57 bits per heavy atom. The molecule has 1 aromatic rings. The van der Waals surface area contributed by atoms with Crippen molar-refractivity contribution in [3.05, 3.63) is 35.4 Å². The van der Waals surface area contributed by atoms with Gasteiger partial charge >= 0.3 is 0 Å². The molecule has 2 heterocycles. The molecule has 1 saturated heterocycles. The van der Waals surface area contributed by atoms with Gasteiger partial charge in [0.25, 0.3) is 0 Å². The van der Waals surface area contributed by atoms with Crippen LogP contribution in [0.1, 0.15) is 37.3 Å². The Labute approximate surface area is 186 Å². The van der Waals surface area contributed by atoms with Gasteiger partial charge < -0.3 is 20.4 Å². The minimum Gasteiger partial charge on any atom is -0.357 e. The lowest BCUT2D eigenvalue weighted by Crippen LogP contribution is -2.43. The van der Waals surface area contributed by atoms with E-state index in [2.05, 4.69) is 38.7 Å². The summed E-state index contributed by atoms with van der Waals surface area (Å²) >= 11 is 0. The fourth-order valence-electron chi connectivity index (χ4n) is 3.81. The van der Waals surface area contributed by atoms with E-state index in [4.69, 9.17) is 0 Å². The Balaban J connectivity index is 0.00000280. The van der Waals surface area contributed by atoms with Gasteiger partial charge in [0.2, 0.25) is 5.91 Å². The van der Waals surface area contributed by atoms with Gasteiger partial charge in [0.15, 0.2) is 5.96 Å². The fraction of sp³-hybridized carbons (Fsp3) is 0.619. The summed E-state index contributed by atoms with van der Waals surface area (Å²) < 4.78 is 0. The first kappa shape index (κ1) is 22.9. The third-order valence-corrected chi connectivity index (χ3v) is 5.37. The second kappa shape index (κ2) is 12.3. The van der Waals surface area contributed by atoms with E-state index in [0.29, 0.717) is 6.54 Å². The van der Waals surface area contributed by atoms with Crippen LogP contribution in [0.3, 0.4) is 0 Å². The number of hydrogen-bond acceptors (Lipinski definition) is 3. The Hall–Kier alpha value is -1.35. The molecule has 3 rings (SSSR count). The molecule has 1 fully saturated rings. The fourth-order valence-corrected chi connectivity index (χ4v) is 3.81. The van der Waals surface area contributed by atoms with Crippen LogP contribution in [0.5, 0.6) is 0 Å². The third-order valence-electron chi connectivity index (χ3n) is 5.37. The second-order valence-corrected chi connectivity index (χ2v) is 7.36. The topological polar surface area (TPSA) is 60.0 Å². The number of carbonyl (C=O) groups excluding carboxylic acids is 1. The van der Waals surface area contributed by atoms with E-state index in [1.54, 1.807) is 0 Å². The highest BCUT2D eigenvalue weighted by atomic mass is 127. The van der Waals surface area contributed by atoms with Crippen LogP contribution >= 0.6 is 24.0 Å². The van der Waals surface area contributed by atoms with Gasteiger partial charge in [0.1, 0.15) is 6.54 Å². The number of guanidine groups is 1. The maximum Gasteiger partial charge on any atom is 0.244 e. The molecule has 2 aliphatic rings. The molecular formula is C21H34IN5O. The molecule has 28 heavy (non-hydrogen) atoms. The maximum absolute atomic E-state index is 12.6. The lowest BCUT2D eigenvalue weighted by molar-refractivity contribution is -0.130. The number of carbonyl (C=O) groups is 1. The van der Waals surface area contributed by atoms with Gasteiger partial charge in [-0.2, -0.15) is 0 Å². The van der Waals surface area contributed by atoms with Crippen LogP contribution in [0.4, 0.5) is 0 Å². The summed E-state index contributed by atoms with van der Waals surface area (Å²) in [6, 6.07) is 8.38. The summed E-state index contributed by atoms with van der Waals surface area (Å²) in [5, 5.41) is 6.61. The second-order valence-electron chi connectivity index (χ2n) is 7.36. The molecule has 1 aromatic carbocycles. The number of benzene rings is 1. The lowest BCUT2D eigenvalue weighted by Gasteiger charge is -2.28. The van der Waals surface area contributed by atoms with Gasteiger partial charge in [-0.3, -0.25) is 4.79 Å². The van der Waals surface area contributed by atoms with Crippen molar-refractivity contribution in [1.82, 2.24) is 20.4 Å². The molecule has 0 aliphatic carbocycles. The van der Waals surface area contributed by atoms with E-state index >= 15 is 0 Å². The molecule has 0 spiro atoms. The highest BCUT2D eigenvalue weighted by Crippen LogP contribution is 2.18. The molecule has 0 bridgehead atoms. The van der Waals surface area contributed by atoms with Gasteiger partial charge in [0.05, 0.1) is 0 Å². The highest BCUT2D eigenvalue weighted by Gasteiger charge is 2.20. The first-order chi connectivity index (χ1) is 13.3. The van der Waals surface area contributed by atoms with Crippen LogP contribution in [0.2, 0.25) is 0 Å². The van der Waals surface area contributed by atoms with Crippen molar-refractivity contribution in [3.8, 4) is 0 Å². The van der Waals surface area contributed by atoms with Crippen molar-refractivity contribution in [3.63, 3.8) is 0 Å². The molecule has 7 heteroatoms. The van der Waals surface area contributed by atoms with Crippen molar-refractivity contribution in [2.75, 3.05) is 45.8 Å². The molecule has 2 aliphatic heterocycles. The molecule has 0 radical (unpaired) electrons. The summed E-state index contributed by atoms with van der Waals surface area (Å²) in [4.78, 5) is 21.5. The number of rotatable bonds is 6. The van der Waals surface area contributed by atoms with Crippen molar-refractivity contribution in [2.45, 2.75) is 39.2 Å². The molecule has 0 aromatic heterocycles. The average molecular weight is 499 g/mol. The highest BCUT2D eigenvalue weighted by molar-refractivity contribution is 14.0. The Kier molecular flexibility index (Phi) is 10.0. The van der Waals surface area contributed by atoms with Crippen LogP contribution in [0.15, 0.2) is 29.3 Å². The van der Waals surface area contributed by atoms with Gasteiger partial charge in [-0.15, -0.1) is 24.0 Å². The van der Waals surface area contributed by atoms with Crippen LogP contribution in [0, 0.1) is 0 Å². The van der Waals surface area contributed by atoms with E-state index < -0.39 is 0 Å². The van der Waals surface area contributed by atoms with Gasteiger partial charge in [-0.1, -0.05) is 30.7 Å². The molecule has 156 valence electrons. The average Bonchev–Trinajstić information content (AvgIpc) is 2.72. The smallest absolute Gasteiger partial charge is 0.244 e. The summed E-state index contributed by atoms with van der Waals surface area (Å²) in [5.74, 6) is 0.831. The zero-order chi connectivity index (χ0) is 18.9. The number of halogens is 1. The van der Waals surface area contributed by atoms with Gasteiger partial charge in [-0.25, -0.2) is 4.99 Å². The quantitative estimate of drug-likeness (QED) is 0.358. The van der Waals surface area contributed by atoms with Crippen molar-refractivity contribution in [1.29, 1.82) is 0 Å². The zero-order valence-corrected chi connectivity index (χ0v) is 19.3. The van der Waals surface area contributed by atoms with E-state index in [1.807, 2.05) is 17.9 Å². The molecule has 0 saturated carbocycles. The van der Waals surface area contributed by atoms with E-state index in [9.17, 15) is 4.79 Å². The van der Waals surface area contributed by atoms with Crippen LogP contribution in [0.25, 0.3) is 0 Å². The Morgan fingerprint density at radius 1 is 1.07 bits per heavy atom. The molecule has 0 unspecified atom stereocenters. The van der Waals surface area contributed by atoms with Gasteiger partial charge in [0, 0.05) is 32.7 Å².